The summed E-state index contributed by atoms with van der Waals surface area (Å²) in [4.78, 5) is 38.7. The molecule has 1 heterocycles. The van der Waals surface area contributed by atoms with Crippen LogP contribution in [-0.4, -0.2) is 27.6 Å². The van der Waals surface area contributed by atoms with Gasteiger partial charge in [-0.25, -0.2) is 4.39 Å². The normalized spacial score (nSPS) is 20.8. The zero-order valence-corrected chi connectivity index (χ0v) is 17.8. The number of phenolic OH excluding ortho intramolecular Hbond substituents is 2. The summed E-state index contributed by atoms with van der Waals surface area (Å²) in [5.41, 5.74) is -1.16. The molecule has 164 valence electrons. The first-order valence-electron chi connectivity index (χ1n) is 9.81. The molecule has 4 rings (SSSR count). The minimum atomic E-state index is -1.59. The van der Waals surface area contributed by atoms with E-state index < -0.39 is 34.3 Å². The average Bonchev–Trinajstić information content (AvgIpc) is 3.01. The number of allylic oxidation sites excluding steroid dienone is 4. The number of phenols is 2. The third-order valence-electron chi connectivity index (χ3n) is 5.94. The zero-order chi connectivity index (χ0) is 23.5. The predicted molar refractivity (Wildman–Crippen MR) is 113 cm³/mol. The summed E-state index contributed by atoms with van der Waals surface area (Å²) in [7, 11) is 0. The van der Waals surface area contributed by atoms with E-state index in [4.69, 9.17) is 4.74 Å². The molecule has 0 bridgehead atoms. The predicted octanol–water partition coefficient (Wildman–Crippen LogP) is 3.82. The van der Waals surface area contributed by atoms with Gasteiger partial charge in [0.05, 0.1) is 11.1 Å². The molecule has 0 saturated carbocycles. The van der Waals surface area contributed by atoms with Gasteiger partial charge in [0.15, 0.2) is 17.3 Å². The van der Waals surface area contributed by atoms with Gasteiger partial charge in [0.1, 0.15) is 39.8 Å². The van der Waals surface area contributed by atoms with Gasteiger partial charge in [0.25, 0.3) is 0 Å². The summed E-state index contributed by atoms with van der Waals surface area (Å²) in [6, 6.07) is 5.40. The van der Waals surface area contributed by atoms with Crippen LogP contribution in [0, 0.1) is 12.7 Å². The van der Waals surface area contributed by atoms with Gasteiger partial charge in [0.2, 0.25) is 0 Å². The first kappa shape index (κ1) is 21.3. The number of nitrogens with one attached hydrogen (secondary N) is 1. The highest BCUT2D eigenvalue weighted by Crippen LogP contribution is 2.57. The SMILES string of the molecule is CC(=O)c1c(O)c(C)c(O)c2c1OC1=CC(=O)/C(=C(\C)Nc3ccc(F)cc3)C(=O)[C@@]12C. The summed E-state index contributed by atoms with van der Waals surface area (Å²) in [6.45, 7) is 5.67. The smallest absolute Gasteiger partial charge is 0.194 e. The lowest BCUT2D eigenvalue weighted by atomic mass is 9.70. The van der Waals surface area contributed by atoms with Crippen LogP contribution in [0.3, 0.4) is 0 Å². The molecule has 8 heteroatoms. The van der Waals surface area contributed by atoms with Crippen LogP contribution in [0.1, 0.15) is 42.3 Å². The molecule has 2 aromatic rings. The molecule has 0 radical (unpaired) electrons. The number of halogens is 1. The van der Waals surface area contributed by atoms with Gasteiger partial charge >= 0.3 is 0 Å². The van der Waals surface area contributed by atoms with Crippen molar-refractivity contribution in [2.45, 2.75) is 33.1 Å². The number of rotatable bonds is 3. The van der Waals surface area contributed by atoms with Gasteiger partial charge in [-0.2, -0.15) is 0 Å². The monoisotopic (exact) mass is 437 g/mol. The van der Waals surface area contributed by atoms with Crippen molar-refractivity contribution < 1.29 is 33.7 Å². The number of benzene rings is 2. The quantitative estimate of drug-likeness (QED) is 0.380. The van der Waals surface area contributed by atoms with Gasteiger partial charge in [-0.1, -0.05) is 0 Å². The molecule has 1 aliphatic carbocycles. The molecule has 2 aromatic carbocycles. The Kier molecular flexibility index (Phi) is 4.69. The van der Waals surface area contributed by atoms with Crippen molar-refractivity contribution in [3.63, 3.8) is 0 Å². The number of hydrogen-bond donors (Lipinski definition) is 3. The Morgan fingerprint density at radius 2 is 1.72 bits per heavy atom. The van der Waals surface area contributed by atoms with E-state index in [0.29, 0.717) is 5.69 Å². The largest absolute Gasteiger partial charge is 0.507 e. The lowest BCUT2D eigenvalue weighted by molar-refractivity contribution is -0.123. The molecule has 7 nitrogen and oxygen atoms in total. The van der Waals surface area contributed by atoms with E-state index in [0.717, 1.165) is 6.08 Å². The molecule has 0 unspecified atom stereocenters. The van der Waals surface area contributed by atoms with Crippen molar-refractivity contribution in [1.29, 1.82) is 0 Å². The van der Waals surface area contributed by atoms with Crippen molar-refractivity contribution in [3.8, 4) is 17.2 Å². The molecule has 2 aliphatic rings. The molecule has 0 saturated heterocycles. The molecular weight excluding hydrogens is 417 g/mol. The summed E-state index contributed by atoms with van der Waals surface area (Å²) in [5, 5.41) is 24.1. The average molecular weight is 437 g/mol. The standard InChI is InChI=1S/C24H20FNO6/c1-10-20(29)18(12(3)27)22-19(21(10)30)24(4)16(32-22)9-15(28)17(23(24)31)11(2)26-14-7-5-13(25)6-8-14/h5-9,26,29-30H,1-4H3/b17-11-/t24-/m0/s1. The van der Waals surface area contributed by atoms with Crippen LogP contribution in [0.4, 0.5) is 10.1 Å². The Bertz CT molecular complexity index is 1290. The summed E-state index contributed by atoms with van der Waals surface area (Å²) in [5.74, 6) is -3.22. The van der Waals surface area contributed by atoms with Crippen LogP contribution in [0.15, 0.2) is 47.4 Å². The van der Waals surface area contributed by atoms with E-state index in [1.807, 2.05) is 0 Å². The second kappa shape index (κ2) is 7.05. The number of Topliss-reactive ketones (excluding diaryl/α,β-unsaturated/α-hetero) is 2. The maximum Gasteiger partial charge on any atom is 0.194 e. The second-order valence-electron chi connectivity index (χ2n) is 8.02. The maximum atomic E-state index is 13.7. The summed E-state index contributed by atoms with van der Waals surface area (Å²) >= 11 is 0. The summed E-state index contributed by atoms with van der Waals surface area (Å²) < 4.78 is 18.9. The highest BCUT2D eigenvalue weighted by Gasteiger charge is 2.56. The van der Waals surface area contributed by atoms with E-state index in [9.17, 15) is 29.0 Å². The molecule has 0 fully saturated rings. The fourth-order valence-electron chi connectivity index (χ4n) is 4.17. The van der Waals surface area contributed by atoms with Gasteiger partial charge in [-0.05, 0) is 52.0 Å². The molecule has 1 aliphatic heterocycles. The van der Waals surface area contributed by atoms with Crippen molar-refractivity contribution in [2.24, 2.45) is 0 Å². The Labute approximate surface area is 182 Å². The Hall–Kier alpha value is -3.94. The van der Waals surface area contributed by atoms with Crippen molar-refractivity contribution in [3.05, 3.63) is 69.9 Å². The van der Waals surface area contributed by atoms with Gasteiger partial charge < -0.3 is 20.3 Å². The topological polar surface area (TPSA) is 113 Å². The van der Waals surface area contributed by atoms with Crippen LogP contribution < -0.4 is 10.1 Å². The molecule has 0 aromatic heterocycles. The molecule has 3 N–H and O–H groups in total. The minimum absolute atomic E-state index is 0.0221. The van der Waals surface area contributed by atoms with Crippen LogP contribution >= 0.6 is 0 Å². The van der Waals surface area contributed by atoms with Gasteiger partial charge in [-0.3, -0.25) is 14.4 Å². The molecular formula is C24H20FNO6. The molecule has 1 atom stereocenters. The van der Waals surface area contributed by atoms with Gasteiger partial charge in [0, 0.05) is 23.0 Å². The van der Waals surface area contributed by atoms with E-state index in [2.05, 4.69) is 5.32 Å². The number of carbonyl (C=O) groups is 3. The highest BCUT2D eigenvalue weighted by atomic mass is 19.1. The highest BCUT2D eigenvalue weighted by molar-refractivity contribution is 6.31. The second-order valence-corrected chi connectivity index (χ2v) is 8.02. The fourth-order valence-corrected chi connectivity index (χ4v) is 4.17. The van der Waals surface area contributed by atoms with Crippen LogP contribution in [0.2, 0.25) is 0 Å². The summed E-state index contributed by atoms with van der Waals surface area (Å²) in [6.07, 6.45) is 1.14. The number of ether oxygens (including phenoxy) is 1. The molecule has 32 heavy (non-hydrogen) atoms. The van der Waals surface area contributed by atoms with Crippen molar-refractivity contribution in [2.75, 3.05) is 5.32 Å². The first-order chi connectivity index (χ1) is 15.0. The number of anilines is 1. The van der Waals surface area contributed by atoms with Crippen molar-refractivity contribution in [1.82, 2.24) is 0 Å². The van der Waals surface area contributed by atoms with E-state index in [1.165, 1.54) is 52.0 Å². The number of carbonyl (C=O) groups excluding carboxylic acids is 3. The van der Waals surface area contributed by atoms with Crippen molar-refractivity contribution >= 4 is 23.0 Å². The van der Waals surface area contributed by atoms with E-state index in [1.54, 1.807) is 0 Å². The third kappa shape index (κ3) is 2.83. The lowest BCUT2D eigenvalue weighted by Gasteiger charge is -2.29. The van der Waals surface area contributed by atoms with E-state index >= 15 is 0 Å². The number of aromatic hydroxyl groups is 2. The van der Waals surface area contributed by atoms with Gasteiger partial charge in [-0.15, -0.1) is 0 Å². The first-order valence-corrected chi connectivity index (χ1v) is 9.81. The minimum Gasteiger partial charge on any atom is -0.507 e. The Balaban J connectivity index is 1.91. The Morgan fingerprint density at radius 1 is 1.09 bits per heavy atom. The number of fused-ring (bicyclic) bond motifs is 3. The fraction of sp³-hybridized carbons (Fsp3) is 0.208. The van der Waals surface area contributed by atoms with Crippen LogP contribution in [-0.2, 0) is 15.0 Å². The maximum absolute atomic E-state index is 13.7. The molecule has 0 spiro atoms. The third-order valence-corrected chi connectivity index (χ3v) is 5.94. The lowest BCUT2D eigenvalue weighted by Crippen LogP contribution is -2.40. The number of hydrogen-bond acceptors (Lipinski definition) is 7. The zero-order valence-electron chi connectivity index (χ0n) is 17.8. The molecule has 0 amide bonds. The number of ketones is 3. The van der Waals surface area contributed by atoms with Crippen LogP contribution in [0.25, 0.3) is 0 Å². The Morgan fingerprint density at radius 3 is 2.31 bits per heavy atom. The van der Waals surface area contributed by atoms with Crippen LogP contribution in [0.5, 0.6) is 17.2 Å². The van der Waals surface area contributed by atoms with E-state index in [-0.39, 0.29) is 45.2 Å².